The van der Waals surface area contributed by atoms with Gasteiger partial charge in [-0.25, -0.2) is 0 Å². The van der Waals surface area contributed by atoms with Gasteiger partial charge < -0.3 is 15.6 Å². The molecular weight excluding hydrogens is 330 g/mol. The molecule has 3 nitrogen and oxygen atoms in total. The van der Waals surface area contributed by atoms with Gasteiger partial charge in [0.1, 0.15) is 18.1 Å². The highest BCUT2D eigenvalue weighted by atomic mass is 79.9. The molecule has 0 bridgehead atoms. The van der Waals surface area contributed by atoms with Crippen LogP contribution in [0, 0.1) is 0 Å². The predicted molar refractivity (Wildman–Crippen MR) is 88.6 cm³/mol. The number of aromatic hydroxyl groups is 1. The number of hydrogen-bond donors (Lipinski definition) is 2. The third-order valence-electron chi connectivity index (χ3n) is 3.32. The summed E-state index contributed by atoms with van der Waals surface area (Å²) >= 11 is 3.53. The van der Waals surface area contributed by atoms with Crippen molar-refractivity contribution in [1.82, 2.24) is 0 Å². The standard InChI is InChI=1S/C17H20BrNO2/c1-2-14(19)8-12-6-7-17(16(18)10-12)21-11-13-4-3-5-15(20)9-13/h3-7,9-10,14,20H,2,8,11,19H2,1H3. The molecule has 3 N–H and O–H groups in total. The van der Waals surface area contributed by atoms with Gasteiger partial charge in [0, 0.05) is 6.04 Å². The zero-order valence-corrected chi connectivity index (χ0v) is 13.6. The summed E-state index contributed by atoms with van der Waals surface area (Å²) in [5, 5.41) is 9.43. The predicted octanol–water partition coefficient (Wildman–Crippen LogP) is 4.01. The summed E-state index contributed by atoms with van der Waals surface area (Å²) in [7, 11) is 0. The van der Waals surface area contributed by atoms with E-state index in [0.29, 0.717) is 6.61 Å². The summed E-state index contributed by atoms with van der Waals surface area (Å²) in [6, 6.07) is 13.3. The van der Waals surface area contributed by atoms with E-state index < -0.39 is 0 Å². The van der Waals surface area contributed by atoms with Gasteiger partial charge in [-0.3, -0.25) is 0 Å². The molecule has 2 rings (SSSR count). The average molecular weight is 350 g/mol. The molecule has 112 valence electrons. The molecule has 1 unspecified atom stereocenters. The molecule has 1 atom stereocenters. The van der Waals surface area contributed by atoms with Gasteiger partial charge in [-0.05, 0) is 64.2 Å². The van der Waals surface area contributed by atoms with E-state index in [0.717, 1.165) is 28.6 Å². The Hall–Kier alpha value is -1.52. The smallest absolute Gasteiger partial charge is 0.134 e. The fourth-order valence-corrected chi connectivity index (χ4v) is 2.58. The minimum atomic E-state index is 0.191. The van der Waals surface area contributed by atoms with Crippen molar-refractivity contribution in [1.29, 1.82) is 0 Å². The van der Waals surface area contributed by atoms with Gasteiger partial charge in [-0.1, -0.05) is 25.1 Å². The molecule has 0 aromatic heterocycles. The SMILES string of the molecule is CCC(N)Cc1ccc(OCc2cccc(O)c2)c(Br)c1. The Balaban J connectivity index is 2.01. The van der Waals surface area contributed by atoms with E-state index in [1.54, 1.807) is 18.2 Å². The number of ether oxygens (including phenoxy) is 1. The number of hydrogen-bond acceptors (Lipinski definition) is 3. The van der Waals surface area contributed by atoms with E-state index in [1.807, 2.05) is 24.3 Å². The largest absolute Gasteiger partial charge is 0.508 e. The number of benzene rings is 2. The fourth-order valence-electron chi connectivity index (χ4n) is 2.04. The maximum absolute atomic E-state index is 9.43. The first-order valence-electron chi connectivity index (χ1n) is 7.03. The molecule has 2 aromatic carbocycles. The van der Waals surface area contributed by atoms with Crippen molar-refractivity contribution in [3.05, 3.63) is 58.1 Å². The van der Waals surface area contributed by atoms with Gasteiger partial charge in [0.25, 0.3) is 0 Å². The summed E-state index contributed by atoms with van der Waals surface area (Å²) < 4.78 is 6.69. The molecule has 0 radical (unpaired) electrons. The molecule has 0 aliphatic heterocycles. The van der Waals surface area contributed by atoms with E-state index in [9.17, 15) is 5.11 Å². The quantitative estimate of drug-likeness (QED) is 0.828. The van der Waals surface area contributed by atoms with Crippen LogP contribution in [-0.2, 0) is 13.0 Å². The normalized spacial score (nSPS) is 12.1. The minimum absolute atomic E-state index is 0.191. The molecule has 0 spiro atoms. The number of halogens is 1. The van der Waals surface area contributed by atoms with Gasteiger partial charge in [0.05, 0.1) is 4.47 Å². The molecule has 0 saturated heterocycles. The van der Waals surface area contributed by atoms with Crippen molar-refractivity contribution in [2.45, 2.75) is 32.4 Å². The Bertz CT molecular complexity index is 601. The topological polar surface area (TPSA) is 55.5 Å². The summed E-state index contributed by atoms with van der Waals surface area (Å²) in [5.41, 5.74) is 8.10. The van der Waals surface area contributed by atoms with Crippen LogP contribution in [0.5, 0.6) is 11.5 Å². The van der Waals surface area contributed by atoms with Crippen LogP contribution >= 0.6 is 15.9 Å². The third-order valence-corrected chi connectivity index (χ3v) is 3.94. The second-order valence-corrected chi connectivity index (χ2v) is 5.95. The van der Waals surface area contributed by atoms with Crippen molar-refractivity contribution < 1.29 is 9.84 Å². The lowest BCUT2D eigenvalue weighted by atomic mass is 10.0. The summed E-state index contributed by atoms with van der Waals surface area (Å²) in [6.07, 6.45) is 1.83. The molecule has 2 aromatic rings. The molecule has 0 fully saturated rings. The van der Waals surface area contributed by atoms with Gasteiger partial charge in [-0.15, -0.1) is 0 Å². The number of nitrogens with two attached hydrogens (primary N) is 1. The lowest BCUT2D eigenvalue weighted by Crippen LogP contribution is -2.21. The van der Waals surface area contributed by atoms with Crippen LogP contribution < -0.4 is 10.5 Å². The van der Waals surface area contributed by atoms with Crippen LogP contribution in [0.2, 0.25) is 0 Å². The molecule has 0 aliphatic rings. The van der Waals surface area contributed by atoms with E-state index in [-0.39, 0.29) is 11.8 Å². The van der Waals surface area contributed by atoms with E-state index in [1.165, 1.54) is 5.56 Å². The second-order valence-electron chi connectivity index (χ2n) is 5.10. The number of phenols is 1. The Morgan fingerprint density at radius 3 is 2.67 bits per heavy atom. The first-order valence-corrected chi connectivity index (χ1v) is 7.82. The van der Waals surface area contributed by atoms with E-state index in [4.69, 9.17) is 10.5 Å². The highest BCUT2D eigenvalue weighted by molar-refractivity contribution is 9.10. The zero-order chi connectivity index (χ0) is 15.2. The Morgan fingerprint density at radius 1 is 1.19 bits per heavy atom. The van der Waals surface area contributed by atoms with Crippen LogP contribution in [0.15, 0.2) is 46.9 Å². The number of rotatable bonds is 6. The lowest BCUT2D eigenvalue weighted by Gasteiger charge is -2.12. The van der Waals surface area contributed by atoms with Gasteiger partial charge >= 0.3 is 0 Å². The summed E-state index contributed by atoms with van der Waals surface area (Å²) in [5.74, 6) is 1.03. The highest BCUT2D eigenvalue weighted by Crippen LogP contribution is 2.27. The monoisotopic (exact) mass is 349 g/mol. The molecule has 0 heterocycles. The Labute approximate surface area is 133 Å². The molecule has 0 saturated carbocycles. The van der Waals surface area contributed by atoms with E-state index >= 15 is 0 Å². The first-order chi connectivity index (χ1) is 10.1. The summed E-state index contributed by atoms with van der Waals surface area (Å²) in [4.78, 5) is 0. The second kappa shape index (κ2) is 7.48. The van der Waals surface area contributed by atoms with Crippen molar-refractivity contribution in [3.8, 4) is 11.5 Å². The van der Waals surface area contributed by atoms with Crippen LogP contribution in [0.3, 0.4) is 0 Å². The van der Waals surface area contributed by atoms with Crippen molar-refractivity contribution in [2.24, 2.45) is 5.73 Å². The van der Waals surface area contributed by atoms with Crippen LogP contribution in [0.25, 0.3) is 0 Å². The van der Waals surface area contributed by atoms with Gasteiger partial charge in [0.2, 0.25) is 0 Å². The van der Waals surface area contributed by atoms with E-state index in [2.05, 4.69) is 22.9 Å². The maximum atomic E-state index is 9.43. The molecule has 0 aliphatic carbocycles. The van der Waals surface area contributed by atoms with Gasteiger partial charge in [-0.2, -0.15) is 0 Å². The van der Waals surface area contributed by atoms with Crippen LogP contribution in [0.4, 0.5) is 0 Å². The molecule has 21 heavy (non-hydrogen) atoms. The molecule has 4 heteroatoms. The lowest BCUT2D eigenvalue weighted by molar-refractivity contribution is 0.303. The van der Waals surface area contributed by atoms with Crippen LogP contribution in [0.1, 0.15) is 24.5 Å². The Morgan fingerprint density at radius 2 is 2.00 bits per heavy atom. The fraction of sp³-hybridized carbons (Fsp3) is 0.294. The first kappa shape index (κ1) is 15.9. The zero-order valence-electron chi connectivity index (χ0n) is 12.1. The van der Waals surface area contributed by atoms with Crippen molar-refractivity contribution in [3.63, 3.8) is 0 Å². The van der Waals surface area contributed by atoms with Crippen molar-refractivity contribution in [2.75, 3.05) is 0 Å². The average Bonchev–Trinajstić information content (AvgIpc) is 2.46. The summed E-state index contributed by atoms with van der Waals surface area (Å²) in [6.45, 7) is 2.51. The highest BCUT2D eigenvalue weighted by Gasteiger charge is 2.06. The minimum Gasteiger partial charge on any atom is -0.508 e. The third kappa shape index (κ3) is 4.76. The Kier molecular flexibility index (Phi) is 5.65. The maximum Gasteiger partial charge on any atom is 0.134 e. The van der Waals surface area contributed by atoms with Crippen molar-refractivity contribution >= 4 is 15.9 Å². The van der Waals surface area contributed by atoms with Crippen LogP contribution in [-0.4, -0.2) is 11.1 Å². The molecular formula is C17H20BrNO2. The number of phenolic OH excluding ortho intramolecular Hbond substituents is 1. The van der Waals surface area contributed by atoms with Gasteiger partial charge in [0.15, 0.2) is 0 Å². The molecule has 0 amide bonds.